The van der Waals surface area contributed by atoms with Crippen molar-refractivity contribution in [2.45, 2.75) is 32.5 Å². The number of pyridine rings is 1. The number of nitrogens with one attached hydrogen (secondary N) is 1. The van der Waals surface area contributed by atoms with Crippen molar-refractivity contribution < 1.29 is 18.0 Å². The largest absolute Gasteiger partial charge is 0.433 e. The summed E-state index contributed by atoms with van der Waals surface area (Å²) in [4.78, 5) is 15.3. The summed E-state index contributed by atoms with van der Waals surface area (Å²) < 4.78 is 38.9. The molecule has 2 rings (SSSR count). The molecule has 0 aliphatic carbocycles. The molecular weight excluding hydrogens is 297 g/mol. The zero-order chi connectivity index (χ0) is 16.3. The highest BCUT2D eigenvalue weighted by atomic mass is 19.4. The Morgan fingerprint density at radius 1 is 1.36 bits per heavy atom. The van der Waals surface area contributed by atoms with Gasteiger partial charge in [0.25, 0.3) is 5.91 Å². The number of amides is 1. The molecule has 118 valence electrons. The van der Waals surface area contributed by atoms with Gasteiger partial charge in [0.1, 0.15) is 11.5 Å². The highest BCUT2D eigenvalue weighted by Gasteiger charge is 2.32. The van der Waals surface area contributed by atoms with Crippen LogP contribution in [0.2, 0.25) is 0 Å². The third-order valence-electron chi connectivity index (χ3n) is 3.24. The van der Waals surface area contributed by atoms with Crippen LogP contribution in [0.5, 0.6) is 0 Å². The highest BCUT2D eigenvalue weighted by molar-refractivity contribution is 6.03. The first-order valence-corrected chi connectivity index (χ1v) is 6.71. The molecule has 0 aromatic carbocycles. The van der Waals surface area contributed by atoms with Crippen LogP contribution >= 0.6 is 0 Å². The molecule has 1 atom stereocenters. The Bertz CT molecular complexity index is 649. The molecule has 8 heteroatoms. The molecule has 2 heterocycles. The van der Waals surface area contributed by atoms with Gasteiger partial charge in [-0.3, -0.25) is 9.78 Å². The maximum absolute atomic E-state index is 12.4. The van der Waals surface area contributed by atoms with Gasteiger partial charge in [0.15, 0.2) is 0 Å². The van der Waals surface area contributed by atoms with Gasteiger partial charge < -0.3 is 5.32 Å². The minimum absolute atomic E-state index is 0.0462. The van der Waals surface area contributed by atoms with Gasteiger partial charge in [0.05, 0.1) is 17.8 Å². The molecule has 0 bridgehead atoms. The second kappa shape index (κ2) is 6.17. The molecule has 2 aromatic heterocycles. The topological polar surface area (TPSA) is 59.8 Å². The van der Waals surface area contributed by atoms with Gasteiger partial charge in [0, 0.05) is 12.3 Å². The van der Waals surface area contributed by atoms with E-state index in [1.54, 1.807) is 16.9 Å². The van der Waals surface area contributed by atoms with Crippen LogP contribution in [0, 0.1) is 0 Å². The lowest BCUT2D eigenvalue weighted by Gasteiger charge is -2.14. The maximum Gasteiger partial charge on any atom is 0.433 e. The fourth-order valence-corrected chi connectivity index (χ4v) is 1.82. The lowest BCUT2D eigenvalue weighted by atomic mass is 10.2. The van der Waals surface area contributed by atoms with Crippen molar-refractivity contribution in [3.63, 3.8) is 0 Å². The third kappa shape index (κ3) is 3.44. The predicted octanol–water partition coefficient (Wildman–Crippen LogP) is 3.52. The smallest absolute Gasteiger partial charge is 0.307 e. The van der Waals surface area contributed by atoms with Crippen LogP contribution in [0.3, 0.4) is 0 Å². The van der Waals surface area contributed by atoms with E-state index < -0.39 is 17.8 Å². The summed E-state index contributed by atoms with van der Waals surface area (Å²) >= 11 is 0. The number of rotatable bonds is 4. The molecule has 22 heavy (non-hydrogen) atoms. The molecule has 2 aromatic rings. The second-order valence-electron chi connectivity index (χ2n) is 4.80. The van der Waals surface area contributed by atoms with Crippen molar-refractivity contribution >= 4 is 11.7 Å². The Morgan fingerprint density at radius 2 is 2.09 bits per heavy atom. The standard InChI is InChI=1S/C14H15F3N4O/c1-3-9(2)21-12(6-7-19-21)20-13(22)10-4-5-11(18-8-10)14(15,16)17/h4-9H,3H2,1-2H3,(H,20,22). The number of hydrogen-bond donors (Lipinski definition) is 1. The molecule has 0 saturated heterocycles. The van der Waals surface area contributed by atoms with E-state index in [9.17, 15) is 18.0 Å². The van der Waals surface area contributed by atoms with E-state index in [2.05, 4.69) is 15.4 Å². The first-order valence-electron chi connectivity index (χ1n) is 6.71. The summed E-state index contributed by atoms with van der Waals surface area (Å²) in [6, 6.07) is 3.59. The monoisotopic (exact) mass is 312 g/mol. The molecule has 5 nitrogen and oxygen atoms in total. The number of nitrogens with zero attached hydrogens (tertiary/aromatic N) is 3. The van der Waals surface area contributed by atoms with Crippen molar-refractivity contribution in [3.05, 3.63) is 41.9 Å². The van der Waals surface area contributed by atoms with Crippen LogP contribution in [0.4, 0.5) is 19.0 Å². The Morgan fingerprint density at radius 3 is 2.64 bits per heavy atom. The lowest BCUT2D eigenvalue weighted by molar-refractivity contribution is -0.141. The number of halogens is 3. The summed E-state index contributed by atoms with van der Waals surface area (Å²) in [6.45, 7) is 3.93. The summed E-state index contributed by atoms with van der Waals surface area (Å²) in [5.41, 5.74) is -0.987. The molecule has 1 N–H and O–H groups in total. The summed E-state index contributed by atoms with van der Waals surface area (Å²) in [5, 5.41) is 6.74. The first kappa shape index (κ1) is 16.0. The van der Waals surface area contributed by atoms with Crippen LogP contribution in [-0.2, 0) is 6.18 Å². The van der Waals surface area contributed by atoms with E-state index in [1.807, 2.05) is 13.8 Å². The van der Waals surface area contributed by atoms with Crippen LogP contribution in [-0.4, -0.2) is 20.7 Å². The quantitative estimate of drug-likeness (QED) is 0.939. The van der Waals surface area contributed by atoms with Gasteiger partial charge in [-0.15, -0.1) is 0 Å². The number of aromatic nitrogens is 3. The molecular formula is C14H15F3N4O. The fourth-order valence-electron chi connectivity index (χ4n) is 1.82. The molecule has 0 aliphatic heterocycles. The number of carbonyl (C=O) groups is 1. The normalized spacial score (nSPS) is 13.0. The molecule has 1 unspecified atom stereocenters. The van der Waals surface area contributed by atoms with Crippen LogP contribution in [0.1, 0.15) is 42.4 Å². The van der Waals surface area contributed by atoms with Gasteiger partial charge in [-0.2, -0.15) is 18.3 Å². The Labute approximate surface area is 125 Å². The van der Waals surface area contributed by atoms with Crippen molar-refractivity contribution in [2.24, 2.45) is 0 Å². The number of hydrogen-bond acceptors (Lipinski definition) is 3. The molecule has 1 amide bonds. The Kier molecular flexibility index (Phi) is 4.48. The van der Waals surface area contributed by atoms with E-state index in [0.29, 0.717) is 5.82 Å². The predicted molar refractivity (Wildman–Crippen MR) is 74.4 cm³/mol. The van der Waals surface area contributed by atoms with Crippen LogP contribution in [0.15, 0.2) is 30.6 Å². The first-order chi connectivity index (χ1) is 10.3. The van der Waals surface area contributed by atoms with Crippen molar-refractivity contribution in [1.29, 1.82) is 0 Å². The highest BCUT2D eigenvalue weighted by Crippen LogP contribution is 2.27. The van der Waals surface area contributed by atoms with E-state index in [4.69, 9.17) is 0 Å². The van der Waals surface area contributed by atoms with Crippen molar-refractivity contribution in [2.75, 3.05) is 5.32 Å². The molecule has 0 saturated carbocycles. The summed E-state index contributed by atoms with van der Waals surface area (Å²) in [6.07, 6.45) is -1.24. The minimum Gasteiger partial charge on any atom is -0.307 e. The number of anilines is 1. The van der Waals surface area contributed by atoms with Crippen LogP contribution in [0.25, 0.3) is 0 Å². The van der Waals surface area contributed by atoms with Gasteiger partial charge in [-0.1, -0.05) is 6.92 Å². The number of alkyl halides is 3. The van der Waals surface area contributed by atoms with Crippen molar-refractivity contribution in [3.8, 4) is 0 Å². The van der Waals surface area contributed by atoms with Gasteiger partial charge in [-0.25, -0.2) is 4.68 Å². The molecule has 0 spiro atoms. The summed E-state index contributed by atoms with van der Waals surface area (Å²) in [5.74, 6) is -0.0504. The average Bonchev–Trinajstić information content (AvgIpc) is 2.93. The molecule has 0 aliphatic rings. The molecule has 0 radical (unpaired) electrons. The van der Waals surface area contributed by atoms with Gasteiger partial charge >= 0.3 is 6.18 Å². The maximum atomic E-state index is 12.4. The summed E-state index contributed by atoms with van der Waals surface area (Å²) in [7, 11) is 0. The fraction of sp³-hybridized carbons (Fsp3) is 0.357. The van der Waals surface area contributed by atoms with E-state index in [1.165, 1.54) is 0 Å². The van der Waals surface area contributed by atoms with Crippen molar-refractivity contribution in [1.82, 2.24) is 14.8 Å². The SMILES string of the molecule is CCC(C)n1nccc1NC(=O)c1ccc(C(F)(F)F)nc1. The lowest BCUT2D eigenvalue weighted by Crippen LogP contribution is -2.18. The van der Waals surface area contributed by atoms with Crippen LogP contribution < -0.4 is 5.32 Å². The van der Waals surface area contributed by atoms with E-state index in [-0.39, 0.29) is 11.6 Å². The van der Waals surface area contributed by atoms with Gasteiger partial charge in [0.2, 0.25) is 0 Å². The van der Waals surface area contributed by atoms with E-state index >= 15 is 0 Å². The van der Waals surface area contributed by atoms with E-state index in [0.717, 1.165) is 24.8 Å². The Hall–Kier alpha value is -2.38. The minimum atomic E-state index is -4.52. The zero-order valence-corrected chi connectivity index (χ0v) is 12.1. The Balaban J connectivity index is 2.15. The number of carbonyl (C=O) groups excluding carboxylic acids is 1. The van der Waals surface area contributed by atoms with Gasteiger partial charge in [-0.05, 0) is 25.5 Å². The molecule has 0 fully saturated rings. The third-order valence-corrected chi connectivity index (χ3v) is 3.24. The zero-order valence-electron chi connectivity index (χ0n) is 12.1. The average molecular weight is 312 g/mol. The second-order valence-corrected chi connectivity index (χ2v) is 4.80.